The summed E-state index contributed by atoms with van der Waals surface area (Å²) in [6.07, 6.45) is -5.99. The molecule has 3 fully saturated rings. The second-order valence-electron chi connectivity index (χ2n) is 10.3. The molecule has 6 rings (SSSR count). The molecule has 196 valence electrons. The van der Waals surface area contributed by atoms with Crippen molar-refractivity contribution in [3.63, 3.8) is 0 Å². The Morgan fingerprint density at radius 1 is 1.03 bits per heavy atom. The first-order valence-electron chi connectivity index (χ1n) is 12.2. The van der Waals surface area contributed by atoms with Crippen LogP contribution >= 0.6 is 0 Å². The number of hydrogen-bond acceptors (Lipinski definition) is 2. The largest absolute Gasteiger partial charge is 0.416 e. The van der Waals surface area contributed by atoms with Crippen LogP contribution in [-0.4, -0.2) is 33.7 Å². The SMILES string of the molecule is C=C[C@@H]1C[N@+]2(Cc3cc(C(F)(F)F)cc(C(F)(F)F)c3)CC[C@H]1C[C@H]2[C@H](O)c1ccnc2ccccc12. The fraction of sp³-hybridized carbons (Fsp3) is 0.393. The average molecular weight is 522 g/mol. The predicted molar refractivity (Wildman–Crippen MR) is 127 cm³/mol. The summed E-state index contributed by atoms with van der Waals surface area (Å²) in [5, 5.41) is 12.5. The number of hydrogen-bond donors (Lipinski definition) is 1. The topological polar surface area (TPSA) is 33.1 Å². The van der Waals surface area contributed by atoms with Gasteiger partial charge < -0.3 is 9.59 Å². The third-order valence-electron chi connectivity index (χ3n) is 8.19. The highest BCUT2D eigenvalue weighted by atomic mass is 19.4. The Balaban J connectivity index is 1.59. The summed E-state index contributed by atoms with van der Waals surface area (Å²) in [6.45, 7) is 4.93. The van der Waals surface area contributed by atoms with Crippen LogP contribution in [-0.2, 0) is 18.9 Å². The lowest BCUT2D eigenvalue weighted by atomic mass is 9.71. The molecule has 0 unspecified atom stereocenters. The van der Waals surface area contributed by atoms with Crippen molar-refractivity contribution in [3.8, 4) is 0 Å². The fourth-order valence-electron chi connectivity index (χ4n) is 6.44. The van der Waals surface area contributed by atoms with Gasteiger partial charge in [-0.05, 0) is 41.8 Å². The highest BCUT2D eigenvalue weighted by Crippen LogP contribution is 2.48. The van der Waals surface area contributed by atoms with Crippen LogP contribution in [0.5, 0.6) is 0 Å². The lowest BCUT2D eigenvalue weighted by Crippen LogP contribution is -2.67. The number of alkyl halides is 6. The molecule has 3 nitrogen and oxygen atoms in total. The highest BCUT2D eigenvalue weighted by Gasteiger charge is 2.54. The van der Waals surface area contributed by atoms with Crippen LogP contribution in [0.4, 0.5) is 26.3 Å². The van der Waals surface area contributed by atoms with Crippen LogP contribution in [0.25, 0.3) is 10.9 Å². The summed E-state index contributed by atoms with van der Waals surface area (Å²) in [5.74, 6) is 0.316. The summed E-state index contributed by atoms with van der Waals surface area (Å²) in [5.41, 5.74) is -1.31. The molecule has 3 aromatic rings. The van der Waals surface area contributed by atoms with Gasteiger partial charge in [-0.25, -0.2) is 0 Å². The van der Waals surface area contributed by atoms with E-state index in [-0.39, 0.29) is 34.5 Å². The minimum absolute atomic E-state index is 0.0397. The van der Waals surface area contributed by atoms with Crippen LogP contribution in [0.3, 0.4) is 0 Å². The van der Waals surface area contributed by atoms with Gasteiger partial charge in [-0.3, -0.25) is 4.98 Å². The number of rotatable bonds is 5. The normalized spacial score (nSPS) is 26.8. The second kappa shape index (κ2) is 9.13. The minimum Gasteiger partial charge on any atom is -0.382 e. The molecule has 1 aromatic heterocycles. The summed E-state index contributed by atoms with van der Waals surface area (Å²) in [7, 11) is 0. The number of aliphatic hydroxyl groups is 1. The number of aromatic nitrogens is 1. The minimum atomic E-state index is -4.91. The molecule has 3 saturated heterocycles. The molecule has 3 aliphatic heterocycles. The number of benzene rings is 2. The van der Waals surface area contributed by atoms with Gasteiger partial charge in [0, 0.05) is 35.9 Å². The van der Waals surface area contributed by atoms with Crippen molar-refractivity contribution < 1.29 is 35.9 Å². The molecule has 5 atom stereocenters. The van der Waals surface area contributed by atoms with E-state index in [0.29, 0.717) is 30.6 Å². The zero-order valence-electron chi connectivity index (χ0n) is 19.9. The predicted octanol–water partition coefficient (Wildman–Crippen LogP) is 6.92. The number of nitrogens with zero attached hydrogens (tertiary/aromatic N) is 2. The van der Waals surface area contributed by atoms with Gasteiger partial charge in [-0.15, -0.1) is 6.58 Å². The zero-order valence-corrected chi connectivity index (χ0v) is 19.9. The van der Waals surface area contributed by atoms with Crippen molar-refractivity contribution >= 4 is 10.9 Å². The molecule has 2 bridgehead atoms. The first kappa shape index (κ1) is 25.7. The van der Waals surface area contributed by atoms with Crippen molar-refractivity contribution in [2.45, 2.75) is 43.9 Å². The van der Waals surface area contributed by atoms with Gasteiger partial charge >= 0.3 is 12.4 Å². The number of halogens is 6. The van der Waals surface area contributed by atoms with E-state index in [1.807, 2.05) is 30.3 Å². The van der Waals surface area contributed by atoms with Crippen LogP contribution in [0.2, 0.25) is 0 Å². The molecule has 0 radical (unpaired) electrons. The monoisotopic (exact) mass is 521 g/mol. The number of para-hydroxylation sites is 1. The van der Waals surface area contributed by atoms with E-state index < -0.39 is 35.6 Å². The standard InChI is InChI=1S/C28H27F6N2O/c1-2-18-16-36(15-17-11-20(27(29,30)31)14-21(12-17)28(32,33)34)10-8-19(18)13-25(36)26(37)23-7-9-35-24-6-4-3-5-22(23)24/h2-7,9,11-12,14,18-19,25-26,37H,1,8,10,13,15-16H2/q+1/t18-,19+,25+,26-,36-/m1/s1. The van der Waals surface area contributed by atoms with Crippen molar-refractivity contribution in [1.82, 2.24) is 4.98 Å². The number of quaternary nitrogens is 1. The zero-order chi connectivity index (χ0) is 26.6. The van der Waals surface area contributed by atoms with Gasteiger partial charge in [0.05, 0.1) is 29.7 Å². The van der Waals surface area contributed by atoms with E-state index in [0.717, 1.165) is 23.9 Å². The second-order valence-corrected chi connectivity index (χ2v) is 10.3. The Labute approximate surface area is 210 Å². The Morgan fingerprint density at radius 3 is 2.35 bits per heavy atom. The van der Waals surface area contributed by atoms with Crippen LogP contribution in [0.15, 0.2) is 67.4 Å². The number of pyridine rings is 1. The Bertz CT molecular complexity index is 1280. The van der Waals surface area contributed by atoms with Crippen molar-refractivity contribution in [2.75, 3.05) is 13.1 Å². The van der Waals surface area contributed by atoms with E-state index in [1.165, 1.54) is 0 Å². The molecule has 0 aliphatic carbocycles. The molecule has 4 heterocycles. The molecule has 3 aliphatic rings. The first-order chi connectivity index (χ1) is 17.4. The molecular formula is C28H27F6N2O+. The Morgan fingerprint density at radius 2 is 1.70 bits per heavy atom. The molecule has 0 amide bonds. The highest BCUT2D eigenvalue weighted by molar-refractivity contribution is 5.82. The maximum absolute atomic E-state index is 13.6. The molecule has 0 saturated carbocycles. The quantitative estimate of drug-likeness (QED) is 0.225. The van der Waals surface area contributed by atoms with Gasteiger partial charge in [0.2, 0.25) is 0 Å². The maximum atomic E-state index is 13.6. The lowest BCUT2D eigenvalue weighted by Gasteiger charge is -2.58. The van der Waals surface area contributed by atoms with Gasteiger partial charge in [0.15, 0.2) is 0 Å². The summed E-state index contributed by atoms with van der Waals surface area (Å²) < 4.78 is 81.6. The maximum Gasteiger partial charge on any atom is 0.416 e. The van der Waals surface area contributed by atoms with Gasteiger partial charge in [-0.1, -0.05) is 24.3 Å². The molecule has 0 spiro atoms. The van der Waals surface area contributed by atoms with Crippen molar-refractivity contribution in [3.05, 3.63) is 89.6 Å². The smallest absolute Gasteiger partial charge is 0.382 e. The number of piperidine rings is 3. The van der Waals surface area contributed by atoms with Gasteiger partial charge in [0.25, 0.3) is 0 Å². The van der Waals surface area contributed by atoms with E-state index in [2.05, 4.69) is 11.6 Å². The molecular weight excluding hydrogens is 494 g/mol. The van der Waals surface area contributed by atoms with E-state index in [9.17, 15) is 31.4 Å². The lowest BCUT2D eigenvalue weighted by molar-refractivity contribution is -0.984. The van der Waals surface area contributed by atoms with Crippen LogP contribution in [0, 0.1) is 11.8 Å². The summed E-state index contributed by atoms with van der Waals surface area (Å²) in [4.78, 5) is 4.35. The third kappa shape index (κ3) is 4.75. The first-order valence-corrected chi connectivity index (χ1v) is 12.2. The third-order valence-corrected chi connectivity index (χ3v) is 8.19. The van der Waals surface area contributed by atoms with E-state index in [4.69, 9.17) is 0 Å². The Kier molecular flexibility index (Phi) is 6.35. The van der Waals surface area contributed by atoms with Crippen LogP contribution in [0.1, 0.15) is 41.2 Å². The number of aliphatic hydroxyl groups excluding tert-OH is 1. The fourth-order valence-corrected chi connectivity index (χ4v) is 6.44. The average Bonchev–Trinajstić information content (AvgIpc) is 2.86. The van der Waals surface area contributed by atoms with E-state index in [1.54, 1.807) is 12.3 Å². The Hall–Kier alpha value is -2.91. The molecule has 2 aromatic carbocycles. The molecule has 1 N–H and O–H groups in total. The van der Waals surface area contributed by atoms with E-state index >= 15 is 0 Å². The number of fused-ring (bicyclic) bond motifs is 4. The van der Waals surface area contributed by atoms with Crippen molar-refractivity contribution in [1.29, 1.82) is 0 Å². The molecule has 37 heavy (non-hydrogen) atoms. The van der Waals surface area contributed by atoms with Gasteiger partial charge in [-0.2, -0.15) is 26.3 Å². The summed E-state index contributed by atoms with van der Waals surface area (Å²) in [6, 6.07) is 10.5. The summed E-state index contributed by atoms with van der Waals surface area (Å²) >= 11 is 0. The van der Waals surface area contributed by atoms with Gasteiger partial charge in [0.1, 0.15) is 18.7 Å². The molecule has 9 heteroatoms. The van der Waals surface area contributed by atoms with Crippen LogP contribution < -0.4 is 0 Å². The van der Waals surface area contributed by atoms with Crippen molar-refractivity contribution in [2.24, 2.45) is 11.8 Å².